The van der Waals surface area contributed by atoms with E-state index in [1.54, 1.807) is 0 Å². The molecule has 0 unspecified atom stereocenters. The maximum atomic E-state index is 11.6. The van der Waals surface area contributed by atoms with Crippen molar-refractivity contribution in [2.75, 3.05) is 46.1 Å². The summed E-state index contributed by atoms with van der Waals surface area (Å²) in [5.41, 5.74) is 0. The molecule has 0 saturated carbocycles. The first-order chi connectivity index (χ1) is 13.4. The summed E-state index contributed by atoms with van der Waals surface area (Å²) in [6.45, 7) is 1.30. The maximum Gasteiger partial charge on any atom is 0.305 e. The number of rotatable bonds is 15. The molecule has 1 heterocycles. The van der Waals surface area contributed by atoms with Crippen molar-refractivity contribution in [3.63, 3.8) is 0 Å². The molecular weight excluding hydrogens is 374 g/mol. The Hall–Kier alpha value is -2.79. The molecule has 0 atom stereocenters. The van der Waals surface area contributed by atoms with Crippen LogP contribution in [0, 0.1) is 0 Å². The lowest BCUT2D eigenvalue weighted by molar-refractivity contribution is -0.139. The van der Waals surface area contributed by atoms with Gasteiger partial charge in [0.15, 0.2) is 0 Å². The fraction of sp³-hybridized carbons (Fsp3) is 0.588. The summed E-state index contributed by atoms with van der Waals surface area (Å²) >= 11 is 0. The van der Waals surface area contributed by atoms with E-state index < -0.39 is 17.8 Å². The van der Waals surface area contributed by atoms with Crippen LogP contribution in [0.1, 0.15) is 19.3 Å². The minimum atomic E-state index is -0.938. The lowest BCUT2D eigenvalue weighted by Crippen LogP contribution is -2.35. The van der Waals surface area contributed by atoms with Crippen molar-refractivity contribution >= 4 is 29.6 Å². The van der Waals surface area contributed by atoms with E-state index in [0.29, 0.717) is 0 Å². The number of aliphatic carboxylic acids is 1. The summed E-state index contributed by atoms with van der Waals surface area (Å²) in [5, 5.41) is 13.6. The molecule has 156 valence electrons. The molecule has 11 nitrogen and oxygen atoms in total. The van der Waals surface area contributed by atoms with E-state index in [1.807, 2.05) is 0 Å². The number of carbonyl (C=O) groups excluding carboxylic acids is 4. The lowest BCUT2D eigenvalue weighted by atomic mass is 10.3. The van der Waals surface area contributed by atoms with Crippen molar-refractivity contribution in [1.82, 2.24) is 15.5 Å². The Labute approximate surface area is 162 Å². The van der Waals surface area contributed by atoms with Gasteiger partial charge in [-0.3, -0.25) is 28.9 Å². The molecule has 4 amide bonds. The number of hydrogen-bond acceptors (Lipinski definition) is 7. The third-order valence-electron chi connectivity index (χ3n) is 3.53. The molecule has 0 saturated heterocycles. The minimum Gasteiger partial charge on any atom is -0.481 e. The highest BCUT2D eigenvalue weighted by molar-refractivity contribution is 6.13. The van der Waals surface area contributed by atoms with Crippen LogP contribution in [-0.2, 0) is 33.4 Å². The monoisotopic (exact) mass is 399 g/mol. The van der Waals surface area contributed by atoms with Crippen molar-refractivity contribution < 1.29 is 38.6 Å². The van der Waals surface area contributed by atoms with Crippen molar-refractivity contribution in [3.05, 3.63) is 12.2 Å². The Kier molecular flexibility index (Phi) is 11.1. The molecule has 1 aliphatic heterocycles. The zero-order chi connectivity index (χ0) is 20.8. The Morgan fingerprint density at radius 3 is 1.86 bits per heavy atom. The van der Waals surface area contributed by atoms with Gasteiger partial charge in [-0.1, -0.05) is 0 Å². The molecule has 28 heavy (non-hydrogen) atoms. The van der Waals surface area contributed by atoms with Crippen LogP contribution < -0.4 is 10.6 Å². The number of nitrogens with one attached hydrogen (secondary N) is 2. The molecule has 0 bridgehead atoms. The topological polar surface area (TPSA) is 151 Å². The third kappa shape index (κ3) is 10.4. The van der Waals surface area contributed by atoms with Crippen LogP contribution in [0.15, 0.2) is 12.2 Å². The van der Waals surface area contributed by atoms with Gasteiger partial charge in [-0.25, -0.2) is 0 Å². The Morgan fingerprint density at radius 1 is 0.821 bits per heavy atom. The van der Waals surface area contributed by atoms with Gasteiger partial charge < -0.3 is 25.2 Å². The van der Waals surface area contributed by atoms with Crippen LogP contribution in [0.25, 0.3) is 0 Å². The molecule has 1 aliphatic rings. The quantitative estimate of drug-likeness (QED) is 0.221. The molecule has 0 aromatic rings. The highest BCUT2D eigenvalue weighted by Gasteiger charge is 2.23. The van der Waals surface area contributed by atoms with Gasteiger partial charge >= 0.3 is 5.97 Å². The zero-order valence-electron chi connectivity index (χ0n) is 15.5. The van der Waals surface area contributed by atoms with Crippen molar-refractivity contribution in [2.45, 2.75) is 19.3 Å². The minimum absolute atomic E-state index is 0.0100. The van der Waals surface area contributed by atoms with Gasteiger partial charge in [0, 0.05) is 44.6 Å². The third-order valence-corrected chi connectivity index (χ3v) is 3.53. The number of ether oxygens (including phenoxy) is 2. The molecular formula is C17H25N3O8. The van der Waals surface area contributed by atoms with Crippen LogP contribution in [0.3, 0.4) is 0 Å². The molecule has 0 fully saturated rings. The first-order valence-electron chi connectivity index (χ1n) is 8.84. The van der Waals surface area contributed by atoms with E-state index in [-0.39, 0.29) is 77.1 Å². The average molecular weight is 399 g/mol. The van der Waals surface area contributed by atoms with E-state index >= 15 is 0 Å². The van der Waals surface area contributed by atoms with Gasteiger partial charge in [0.05, 0.1) is 32.8 Å². The smallest absolute Gasteiger partial charge is 0.305 e. The van der Waals surface area contributed by atoms with Crippen molar-refractivity contribution in [1.29, 1.82) is 0 Å². The molecule has 0 spiro atoms. The normalized spacial score (nSPS) is 13.1. The van der Waals surface area contributed by atoms with Crippen LogP contribution in [-0.4, -0.2) is 85.7 Å². The lowest BCUT2D eigenvalue weighted by Gasteiger charge is -2.13. The summed E-state index contributed by atoms with van der Waals surface area (Å²) in [6, 6.07) is 0. The highest BCUT2D eigenvalue weighted by Crippen LogP contribution is 2.03. The predicted molar refractivity (Wildman–Crippen MR) is 95.0 cm³/mol. The van der Waals surface area contributed by atoms with Crippen molar-refractivity contribution in [2.24, 2.45) is 0 Å². The van der Waals surface area contributed by atoms with Gasteiger partial charge in [0.25, 0.3) is 11.8 Å². The molecule has 0 aliphatic carbocycles. The van der Waals surface area contributed by atoms with E-state index in [9.17, 15) is 24.0 Å². The van der Waals surface area contributed by atoms with Crippen molar-refractivity contribution in [3.8, 4) is 0 Å². The Morgan fingerprint density at radius 2 is 1.32 bits per heavy atom. The van der Waals surface area contributed by atoms with Gasteiger partial charge in [0.1, 0.15) is 0 Å². The summed E-state index contributed by atoms with van der Waals surface area (Å²) in [4.78, 5) is 57.1. The number of amides is 4. The van der Waals surface area contributed by atoms with E-state index in [1.165, 1.54) is 0 Å². The predicted octanol–water partition coefficient (Wildman–Crippen LogP) is -1.57. The van der Waals surface area contributed by atoms with Crippen LogP contribution in [0.2, 0.25) is 0 Å². The van der Waals surface area contributed by atoms with Gasteiger partial charge in [-0.15, -0.1) is 0 Å². The fourth-order valence-electron chi connectivity index (χ4n) is 2.10. The first kappa shape index (κ1) is 23.2. The van der Waals surface area contributed by atoms with E-state index in [4.69, 9.17) is 14.6 Å². The van der Waals surface area contributed by atoms with Gasteiger partial charge in [-0.05, 0) is 0 Å². The number of imide groups is 1. The molecule has 0 aromatic heterocycles. The number of carboxylic acid groups (broad SMARTS) is 1. The maximum absolute atomic E-state index is 11.6. The fourth-order valence-corrected chi connectivity index (χ4v) is 2.10. The highest BCUT2D eigenvalue weighted by atomic mass is 16.5. The largest absolute Gasteiger partial charge is 0.481 e. The van der Waals surface area contributed by atoms with Gasteiger partial charge in [0.2, 0.25) is 11.8 Å². The number of carbonyl (C=O) groups is 5. The number of hydrogen-bond donors (Lipinski definition) is 3. The summed E-state index contributed by atoms with van der Waals surface area (Å²) in [7, 11) is 0. The van der Waals surface area contributed by atoms with Crippen LogP contribution in [0.5, 0.6) is 0 Å². The zero-order valence-corrected chi connectivity index (χ0v) is 15.5. The molecule has 0 radical (unpaired) electrons. The van der Waals surface area contributed by atoms with Gasteiger partial charge in [-0.2, -0.15) is 0 Å². The second-order valence-corrected chi connectivity index (χ2v) is 5.73. The SMILES string of the molecule is O=C(O)CCOCCNC(=O)CCOCCNC(=O)CCN1C(=O)C=CC1=O. The second-order valence-electron chi connectivity index (χ2n) is 5.73. The molecule has 11 heteroatoms. The van der Waals surface area contributed by atoms with E-state index in [2.05, 4.69) is 10.6 Å². The second kappa shape index (κ2) is 13.4. The molecule has 1 rings (SSSR count). The van der Waals surface area contributed by atoms with Crippen LogP contribution >= 0.6 is 0 Å². The Balaban J connectivity index is 1.92. The average Bonchev–Trinajstić information content (AvgIpc) is 2.96. The van der Waals surface area contributed by atoms with E-state index in [0.717, 1.165) is 17.1 Å². The molecule has 3 N–H and O–H groups in total. The summed E-state index contributed by atoms with van der Waals surface area (Å²) in [6.07, 6.45) is 2.41. The molecule has 0 aromatic carbocycles. The summed E-state index contributed by atoms with van der Waals surface area (Å²) in [5.74, 6) is -2.32. The van der Waals surface area contributed by atoms with Crippen LogP contribution in [0.4, 0.5) is 0 Å². The number of carboxylic acids is 1. The first-order valence-corrected chi connectivity index (χ1v) is 8.84. The standard InChI is InChI=1S/C17H25N3O8/c21-13(3-8-20-15(23)1-2-16(20)24)18-6-11-27-9-4-14(22)19-7-12-28-10-5-17(25)26/h1-2H,3-12H2,(H,18,21)(H,19,22)(H,25,26). The Bertz CT molecular complexity index is 587. The number of nitrogens with zero attached hydrogens (tertiary/aromatic N) is 1. The summed E-state index contributed by atoms with van der Waals surface area (Å²) < 4.78 is 10.3.